The zero-order valence-corrected chi connectivity index (χ0v) is 11.2. The first-order valence-electron chi connectivity index (χ1n) is 5.72. The maximum Gasteiger partial charge on any atom is 0.0569 e. The average Bonchev–Trinajstić information content (AvgIpc) is 2.48. The van der Waals surface area contributed by atoms with Crippen molar-refractivity contribution in [2.75, 3.05) is 6.26 Å². The lowest BCUT2D eigenvalue weighted by molar-refractivity contribution is 0.680. The van der Waals surface area contributed by atoms with E-state index in [9.17, 15) is 4.21 Å². The fourth-order valence-electron chi connectivity index (χ4n) is 2.05. The van der Waals surface area contributed by atoms with E-state index in [-0.39, 0.29) is 5.25 Å². The fraction of sp³-hybridized carbons (Fsp3) is 0.333. The minimum Gasteiger partial charge on any atom is -0.259 e. The molecule has 0 radical (unpaired) electrons. The highest BCUT2D eigenvalue weighted by atomic mass is 32.2. The zero-order chi connectivity index (χ0) is 12.4. The monoisotopic (exact) mass is 244 g/mol. The van der Waals surface area contributed by atoms with Gasteiger partial charge in [0.15, 0.2) is 0 Å². The van der Waals surface area contributed by atoms with Gasteiger partial charge in [-0.05, 0) is 43.6 Å². The fourth-order valence-corrected chi connectivity index (χ4v) is 2.75. The molecule has 0 spiro atoms. The lowest BCUT2D eigenvalue weighted by atomic mass is 9.92. The summed E-state index contributed by atoms with van der Waals surface area (Å²) in [5.74, 6) is 6.35. The van der Waals surface area contributed by atoms with E-state index in [1.807, 2.05) is 25.2 Å². The van der Waals surface area contributed by atoms with Crippen LogP contribution in [0.5, 0.6) is 0 Å². The van der Waals surface area contributed by atoms with Gasteiger partial charge in [0.05, 0.1) is 5.25 Å². The Balaban J connectivity index is 2.42. The second-order valence-electron chi connectivity index (χ2n) is 4.31. The van der Waals surface area contributed by atoms with Crippen molar-refractivity contribution in [1.82, 2.24) is 0 Å². The quantitative estimate of drug-likeness (QED) is 0.648. The molecule has 0 N–H and O–H groups in total. The van der Waals surface area contributed by atoms with Crippen LogP contribution in [0.25, 0.3) is 0 Å². The van der Waals surface area contributed by atoms with Gasteiger partial charge in [-0.2, -0.15) is 0 Å². The van der Waals surface area contributed by atoms with Gasteiger partial charge in [-0.15, -0.1) is 0 Å². The van der Waals surface area contributed by atoms with Crippen LogP contribution in [0.3, 0.4) is 0 Å². The molecule has 0 heterocycles. The van der Waals surface area contributed by atoms with Gasteiger partial charge >= 0.3 is 0 Å². The third-order valence-corrected chi connectivity index (χ3v) is 4.31. The van der Waals surface area contributed by atoms with Crippen molar-refractivity contribution < 1.29 is 4.21 Å². The minimum atomic E-state index is -0.809. The average molecular weight is 244 g/mol. The van der Waals surface area contributed by atoms with Crippen LogP contribution in [0.4, 0.5) is 0 Å². The van der Waals surface area contributed by atoms with Crippen molar-refractivity contribution in [2.24, 2.45) is 0 Å². The summed E-state index contributed by atoms with van der Waals surface area (Å²) in [6.45, 7) is 4.10. The first-order chi connectivity index (χ1) is 8.11. The van der Waals surface area contributed by atoms with E-state index in [1.165, 1.54) is 11.1 Å². The third-order valence-electron chi connectivity index (χ3n) is 3.13. The lowest BCUT2D eigenvalue weighted by Crippen LogP contribution is -2.16. The SMILES string of the molecule is C/C=C1/C#CC2=C(CC(S(C)=O)C=C2)C(C)=C1. The maximum atomic E-state index is 11.6. The Kier molecular flexibility index (Phi) is 3.49. The van der Waals surface area contributed by atoms with Crippen molar-refractivity contribution in [3.05, 3.63) is 46.6 Å². The molecule has 2 aliphatic carbocycles. The lowest BCUT2D eigenvalue weighted by Gasteiger charge is -2.19. The highest BCUT2D eigenvalue weighted by Crippen LogP contribution is 2.29. The van der Waals surface area contributed by atoms with Gasteiger partial charge in [0, 0.05) is 28.2 Å². The molecular formula is C15H16OS. The second kappa shape index (κ2) is 4.89. The summed E-state index contributed by atoms with van der Waals surface area (Å²) in [5, 5.41) is 0.131. The molecule has 88 valence electrons. The van der Waals surface area contributed by atoms with Gasteiger partial charge < -0.3 is 0 Å². The molecule has 2 unspecified atom stereocenters. The van der Waals surface area contributed by atoms with Crippen molar-refractivity contribution >= 4 is 10.8 Å². The van der Waals surface area contributed by atoms with Crippen LogP contribution in [0.2, 0.25) is 0 Å². The molecule has 17 heavy (non-hydrogen) atoms. The standard InChI is InChI=1S/C15H16OS/c1-4-12-5-6-13-7-8-14(17(3)16)10-15(13)11(2)9-12/h4,7-9,14H,10H2,1-3H3/b12-4-. The van der Waals surface area contributed by atoms with Gasteiger partial charge in [-0.3, -0.25) is 4.21 Å². The van der Waals surface area contributed by atoms with Crippen LogP contribution in [0.15, 0.2) is 46.6 Å². The highest BCUT2D eigenvalue weighted by Gasteiger charge is 2.20. The smallest absolute Gasteiger partial charge is 0.0569 e. The van der Waals surface area contributed by atoms with Crippen molar-refractivity contribution in [1.29, 1.82) is 0 Å². The van der Waals surface area contributed by atoms with Gasteiger partial charge in [0.2, 0.25) is 0 Å². The van der Waals surface area contributed by atoms with E-state index < -0.39 is 10.8 Å². The molecule has 0 aromatic carbocycles. The van der Waals surface area contributed by atoms with Gasteiger partial charge in [0.25, 0.3) is 0 Å². The van der Waals surface area contributed by atoms with E-state index in [2.05, 4.69) is 24.8 Å². The molecule has 2 heteroatoms. The van der Waals surface area contributed by atoms with Gasteiger partial charge in [0.1, 0.15) is 0 Å². The van der Waals surface area contributed by atoms with Gasteiger partial charge in [-0.25, -0.2) is 0 Å². The second-order valence-corrected chi connectivity index (χ2v) is 5.92. The van der Waals surface area contributed by atoms with Crippen LogP contribution in [0.1, 0.15) is 20.3 Å². The zero-order valence-electron chi connectivity index (χ0n) is 10.4. The Morgan fingerprint density at radius 2 is 2.24 bits per heavy atom. The van der Waals surface area contributed by atoms with E-state index in [0.717, 1.165) is 17.6 Å². The molecule has 0 saturated carbocycles. The summed E-state index contributed by atoms with van der Waals surface area (Å²) >= 11 is 0. The Labute approximate surface area is 105 Å². The molecule has 0 saturated heterocycles. The first-order valence-corrected chi connectivity index (χ1v) is 7.34. The largest absolute Gasteiger partial charge is 0.259 e. The van der Waals surface area contributed by atoms with E-state index in [4.69, 9.17) is 0 Å². The van der Waals surface area contributed by atoms with Crippen LogP contribution >= 0.6 is 0 Å². The Bertz CT molecular complexity index is 547. The summed E-state index contributed by atoms with van der Waals surface area (Å²) in [4.78, 5) is 0. The number of hydrogen-bond acceptors (Lipinski definition) is 1. The Morgan fingerprint density at radius 1 is 1.47 bits per heavy atom. The molecule has 0 aromatic heterocycles. The maximum absolute atomic E-state index is 11.6. The molecule has 0 bridgehead atoms. The van der Waals surface area contributed by atoms with Crippen LogP contribution in [-0.2, 0) is 10.8 Å². The highest BCUT2D eigenvalue weighted by molar-refractivity contribution is 7.85. The topological polar surface area (TPSA) is 17.1 Å². The molecule has 1 nitrogen and oxygen atoms in total. The third kappa shape index (κ3) is 2.50. The van der Waals surface area contributed by atoms with Gasteiger partial charge in [-0.1, -0.05) is 24.0 Å². The summed E-state index contributed by atoms with van der Waals surface area (Å²) in [6, 6.07) is 0. The van der Waals surface area contributed by atoms with E-state index >= 15 is 0 Å². The van der Waals surface area contributed by atoms with Crippen molar-refractivity contribution in [3.8, 4) is 11.8 Å². The molecule has 0 fully saturated rings. The summed E-state index contributed by atoms with van der Waals surface area (Å²) < 4.78 is 11.6. The van der Waals surface area contributed by atoms with Crippen molar-refractivity contribution in [3.63, 3.8) is 0 Å². The number of hydrogen-bond donors (Lipinski definition) is 0. The van der Waals surface area contributed by atoms with Crippen LogP contribution in [-0.4, -0.2) is 15.7 Å². The molecule has 0 aromatic rings. The van der Waals surface area contributed by atoms with Crippen molar-refractivity contribution in [2.45, 2.75) is 25.5 Å². The predicted octanol–water partition coefficient (Wildman–Crippen LogP) is 2.90. The summed E-state index contributed by atoms with van der Waals surface area (Å²) in [7, 11) is -0.809. The summed E-state index contributed by atoms with van der Waals surface area (Å²) in [6.07, 6.45) is 10.8. The molecule has 2 rings (SSSR count). The first kappa shape index (κ1) is 12.1. The van der Waals surface area contributed by atoms with Crippen LogP contribution < -0.4 is 0 Å². The van der Waals surface area contributed by atoms with Crippen LogP contribution in [0, 0.1) is 11.8 Å². The minimum absolute atomic E-state index is 0.131. The predicted molar refractivity (Wildman–Crippen MR) is 73.9 cm³/mol. The number of allylic oxidation sites excluding steroid dienone is 7. The number of rotatable bonds is 1. The Hall–Kier alpha value is -1.33. The molecule has 2 aliphatic rings. The molecule has 2 atom stereocenters. The summed E-state index contributed by atoms with van der Waals surface area (Å²) in [5.41, 5.74) is 4.61. The van der Waals surface area contributed by atoms with E-state index in [0.29, 0.717) is 0 Å². The molecule has 0 amide bonds. The Morgan fingerprint density at radius 3 is 2.88 bits per heavy atom. The van der Waals surface area contributed by atoms with E-state index in [1.54, 1.807) is 6.26 Å². The molecular weight excluding hydrogens is 228 g/mol. The normalized spacial score (nSPS) is 26.9. The molecule has 0 aliphatic heterocycles.